The molecule has 0 spiro atoms. The van der Waals surface area contributed by atoms with Crippen molar-refractivity contribution < 1.29 is 0 Å². The van der Waals surface area contributed by atoms with Gasteiger partial charge < -0.3 is 0 Å². The van der Waals surface area contributed by atoms with Gasteiger partial charge in [0.2, 0.25) is 0 Å². The van der Waals surface area contributed by atoms with Gasteiger partial charge in [-0.25, -0.2) is 9.12 Å². The summed E-state index contributed by atoms with van der Waals surface area (Å²) >= 11 is 1.42. The van der Waals surface area contributed by atoms with Gasteiger partial charge in [0.25, 0.3) is 0 Å². The lowest BCUT2D eigenvalue weighted by molar-refractivity contribution is 1.20. The molecule has 0 aromatic heterocycles. The fourth-order valence-electron chi connectivity index (χ4n) is 0.279. The minimum absolute atomic E-state index is 0.949. The number of nitrogens with one attached hydrogen (secondary N) is 1. The Balaban J connectivity index is 2.45. The largest absolute Gasteiger partial charge is 0.239 e. The smallest absolute Gasteiger partial charge is 0.0589 e. The topological polar surface area (TPSA) is 24.4 Å². The monoisotopic (exact) mass is 102 g/mol. The molecule has 1 rings (SSSR count). The normalized spacial score (nSPS) is 21.2. The van der Waals surface area contributed by atoms with Gasteiger partial charge in [-0.3, -0.25) is 0 Å². The first kappa shape index (κ1) is 4.15. The van der Waals surface area contributed by atoms with Gasteiger partial charge in [0.15, 0.2) is 0 Å². The van der Waals surface area contributed by atoms with Gasteiger partial charge in [0.1, 0.15) is 0 Å². The van der Waals surface area contributed by atoms with E-state index in [0.717, 1.165) is 6.54 Å². The van der Waals surface area contributed by atoms with Crippen molar-refractivity contribution in [2.75, 3.05) is 6.54 Å². The van der Waals surface area contributed by atoms with Gasteiger partial charge >= 0.3 is 0 Å². The number of hydrogen-bond donors (Lipinski definition) is 1. The van der Waals surface area contributed by atoms with Crippen LogP contribution in [0.15, 0.2) is 4.40 Å². The van der Waals surface area contributed by atoms with Gasteiger partial charge in [-0.15, -0.1) is 0 Å². The van der Waals surface area contributed by atoms with E-state index in [1.165, 1.54) is 17.8 Å². The Bertz CT molecular complexity index is 78.9. The molecule has 0 aliphatic carbocycles. The lowest BCUT2D eigenvalue weighted by atomic mass is 10.5. The maximum Gasteiger partial charge on any atom is 0.0589 e. The summed E-state index contributed by atoms with van der Waals surface area (Å²) in [4.78, 5) is 0. The predicted molar refractivity (Wildman–Crippen MR) is 28.7 cm³/mol. The van der Waals surface area contributed by atoms with E-state index in [-0.39, 0.29) is 0 Å². The molecule has 0 aromatic rings. The second kappa shape index (κ2) is 1.62. The highest BCUT2D eigenvalue weighted by Crippen LogP contribution is 2.01. The fourth-order valence-corrected chi connectivity index (χ4v) is 0.838. The molecular weight excluding hydrogens is 96.1 g/mol. The molecule has 6 heavy (non-hydrogen) atoms. The van der Waals surface area contributed by atoms with Crippen LogP contribution in [-0.4, -0.2) is 12.3 Å². The number of nitrogens with zero attached hydrogens (tertiary/aromatic N) is 1. The highest BCUT2D eigenvalue weighted by molar-refractivity contribution is 7.96. The molecule has 0 bridgehead atoms. The molecule has 2 nitrogen and oxygen atoms in total. The lowest BCUT2D eigenvalue weighted by Gasteiger charge is -1.77. The van der Waals surface area contributed by atoms with E-state index >= 15 is 0 Å². The van der Waals surface area contributed by atoms with E-state index in [2.05, 4.69) is 9.12 Å². The molecule has 3 heteroatoms. The maximum atomic E-state index is 3.96. The van der Waals surface area contributed by atoms with Crippen LogP contribution in [0.1, 0.15) is 6.92 Å². The van der Waals surface area contributed by atoms with Crippen LogP contribution in [0.25, 0.3) is 0 Å². The summed E-state index contributed by atoms with van der Waals surface area (Å²) < 4.78 is 6.94. The zero-order valence-electron chi connectivity index (χ0n) is 3.56. The van der Waals surface area contributed by atoms with Gasteiger partial charge in [-0.05, 0) is 6.92 Å². The van der Waals surface area contributed by atoms with Crippen LogP contribution < -0.4 is 4.72 Å². The first-order valence-corrected chi connectivity index (χ1v) is 2.59. The summed E-state index contributed by atoms with van der Waals surface area (Å²) in [5.74, 6) is 0. The van der Waals surface area contributed by atoms with Crippen LogP contribution in [0.4, 0.5) is 0 Å². The third-order valence-corrected chi connectivity index (χ3v) is 1.27. The fraction of sp³-hybridized carbons (Fsp3) is 0.667. The molecular formula is C3H6N2S. The molecule has 34 valence electrons. The summed E-state index contributed by atoms with van der Waals surface area (Å²) in [5, 5.41) is 0. The van der Waals surface area contributed by atoms with E-state index in [4.69, 9.17) is 0 Å². The minimum atomic E-state index is 0.949. The van der Waals surface area contributed by atoms with Crippen LogP contribution in [0, 0.1) is 0 Å². The van der Waals surface area contributed by atoms with Crippen LogP contribution in [0.5, 0.6) is 0 Å². The van der Waals surface area contributed by atoms with E-state index in [0.29, 0.717) is 0 Å². The molecule has 0 radical (unpaired) electrons. The quantitative estimate of drug-likeness (QED) is 0.453. The first-order chi connectivity index (χ1) is 2.89. The summed E-state index contributed by atoms with van der Waals surface area (Å²) in [5.41, 5.74) is 1.18. The van der Waals surface area contributed by atoms with E-state index < -0.39 is 0 Å². The van der Waals surface area contributed by atoms with Crippen LogP contribution in [0.2, 0.25) is 0 Å². The van der Waals surface area contributed by atoms with Crippen molar-refractivity contribution in [1.29, 1.82) is 0 Å². The van der Waals surface area contributed by atoms with Gasteiger partial charge in [-0.2, -0.15) is 0 Å². The highest BCUT2D eigenvalue weighted by atomic mass is 32.2. The summed E-state index contributed by atoms with van der Waals surface area (Å²) in [6, 6.07) is 0. The molecule has 0 aromatic carbocycles. The van der Waals surface area contributed by atoms with Gasteiger partial charge in [-0.1, -0.05) is 0 Å². The third-order valence-electron chi connectivity index (χ3n) is 0.594. The van der Waals surface area contributed by atoms with Crippen LogP contribution in [0.3, 0.4) is 0 Å². The molecule has 0 saturated heterocycles. The molecule has 1 aliphatic rings. The molecule has 0 atom stereocenters. The van der Waals surface area contributed by atoms with Crippen molar-refractivity contribution in [3.05, 3.63) is 0 Å². The van der Waals surface area contributed by atoms with Crippen LogP contribution >= 0.6 is 12.1 Å². The summed E-state index contributed by atoms with van der Waals surface area (Å²) in [7, 11) is 0. The Labute approximate surface area is 41.3 Å². The lowest BCUT2D eigenvalue weighted by Crippen LogP contribution is -2.04. The van der Waals surface area contributed by atoms with Crippen molar-refractivity contribution in [1.82, 2.24) is 4.72 Å². The molecule has 1 N–H and O–H groups in total. The molecule has 0 unspecified atom stereocenters. The first-order valence-electron chi connectivity index (χ1n) is 1.82. The van der Waals surface area contributed by atoms with Crippen molar-refractivity contribution in [2.45, 2.75) is 6.92 Å². The van der Waals surface area contributed by atoms with Crippen molar-refractivity contribution in [3.8, 4) is 0 Å². The maximum absolute atomic E-state index is 3.96. The Hall–Kier alpha value is -0.0200. The Morgan fingerprint density at radius 3 is 3.00 bits per heavy atom. The summed E-state index contributed by atoms with van der Waals surface area (Å²) in [6.07, 6.45) is 0. The van der Waals surface area contributed by atoms with Crippen LogP contribution in [-0.2, 0) is 0 Å². The third kappa shape index (κ3) is 0.725. The second-order valence-electron chi connectivity index (χ2n) is 1.24. The molecule has 1 aliphatic heterocycles. The predicted octanol–water partition coefficient (Wildman–Crippen LogP) is 0.614. The SMILES string of the molecule is CC1=NSNC1. The molecule has 0 fully saturated rings. The zero-order valence-corrected chi connectivity index (χ0v) is 4.38. The van der Waals surface area contributed by atoms with E-state index in [1.807, 2.05) is 6.92 Å². The average molecular weight is 102 g/mol. The van der Waals surface area contributed by atoms with E-state index in [1.54, 1.807) is 0 Å². The van der Waals surface area contributed by atoms with Gasteiger partial charge in [0, 0.05) is 12.3 Å². The standard InChI is InChI=1S/C3H6N2S/c1-3-2-4-6-5-3/h4H,2H2,1H3. The number of hydrogen-bond acceptors (Lipinski definition) is 3. The van der Waals surface area contributed by atoms with Crippen molar-refractivity contribution >= 4 is 17.8 Å². The summed E-state index contributed by atoms with van der Waals surface area (Å²) in [6.45, 7) is 2.96. The van der Waals surface area contributed by atoms with Crippen molar-refractivity contribution in [2.24, 2.45) is 4.40 Å². The zero-order chi connectivity index (χ0) is 4.41. The molecule has 1 heterocycles. The average Bonchev–Trinajstić information content (AvgIpc) is 1.86. The number of rotatable bonds is 0. The highest BCUT2D eigenvalue weighted by Gasteiger charge is 1.96. The Morgan fingerprint density at radius 1 is 2.00 bits per heavy atom. The van der Waals surface area contributed by atoms with Crippen molar-refractivity contribution in [3.63, 3.8) is 0 Å². The molecule has 0 amide bonds. The Morgan fingerprint density at radius 2 is 2.83 bits per heavy atom. The Kier molecular flexibility index (Phi) is 1.12. The van der Waals surface area contributed by atoms with E-state index in [9.17, 15) is 0 Å². The minimum Gasteiger partial charge on any atom is -0.239 e. The second-order valence-corrected chi connectivity index (χ2v) is 1.89. The molecule has 0 saturated carbocycles. The van der Waals surface area contributed by atoms with Gasteiger partial charge in [0.05, 0.1) is 12.1 Å².